The number of hydrogen-bond acceptors (Lipinski definition) is 2. The second-order valence-electron chi connectivity index (χ2n) is 5.10. The van der Waals surface area contributed by atoms with Crippen LogP contribution < -0.4 is 5.73 Å². The van der Waals surface area contributed by atoms with Gasteiger partial charge in [-0.05, 0) is 42.0 Å². The van der Waals surface area contributed by atoms with Crippen molar-refractivity contribution < 1.29 is 5.11 Å². The summed E-state index contributed by atoms with van der Waals surface area (Å²) >= 11 is 0. The Morgan fingerprint density at radius 3 is 2.57 bits per heavy atom. The predicted molar refractivity (Wildman–Crippen MR) is 57.1 cm³/mol. The molecular weight excluding hydrogens is 174 g/mol. The molecule has 14 heavy (non-hydrogen) atoms. The smallest absolute Gasteiger partial charge is 0.115 e. The molecule has 2 heteroatoms. The molecule has 0 saturated carbocycles. The van der Waals surface area contributed by atoms with E-state index in [0.29, 0.717) is 5.75 Å². The van der Waals surface area contributed by atoms with Crippen LogP contribution in [0.5, 0.6) is 5.75 Å². The maximum atomic E-state index is 9.44. The van der Waals surface area contributed by atoms with Crippen molar-refractivity contribution in [2.45, 2.75) is 32.7 Å². The molecule has 0 heterocycles. The third-order valence-corrected chi connectivity index (χ3v) is 3.69. The average Bonchev–Trinajstić information content (AvgIpc) is 2.22. The minimum atomic E-state index is -0.346. The van der Waals surface area contributed by atoms with Crippen LogP contribution in [0.2, 0.25) is 0 Å². The van der Waals surface area contributed by atoms with Gasteiger partial charge in [0.2, 0.25) is 0 Å². The van der Waals surface area contributed by atoms with Crippen LogP contribution in [0, 0.1) is 5.41 Å². The number of phenols is 1. The highest BCUT2D eigenvalue weighted by Crippen LogP contribution is 2.48. The van der Waals surface area contributed by atoms with Crippen molar-refractivity contribution >= 4 is 0 Å². The monoisotopic (exact) mass is 191 g/mol. The zero-order valence-electron chi connectivity index (χ0n) is 8.96. The molecule has 1 aromatic rings. The minimum Gasteiger partial charge on any atom is -0.508 e. The van der Waals surface area contributed by atoms with Crippen LogP contribution in [0.4, 0.5) is 0 Å². The summed E-state index contributed by atoms with van der Waals surface area (Å²) in [5, 5.41) is 9.44. The molecule has 0 fully saturated rings. The van der Waals surface area contributed by atoms with Crippen LogP contribution in [-0.4, -0.2) is 5.11 Å². The quantitative estimate of drug-likeness (QED) is 0.660. The predicted octanol–water partition coefficient (Wildman–Crippen LogP) is 2.15. The number of fused-ring (bicyclic) bond motifs is 1. The SMILES string of the molecule is CC1(C)Cc2ccc(O)cc2C1(C)N. The van der Waals surface area contributed by atoms with Gasteiger partial charge in [-0.3, -0.25) is 0 Å². The average molecular weight is 191 g/mol. The first-order chi connectivity index (χ1) is 6.34. The molecule has 0 aliphatic heterocycles. The number of benzene rings is 1. The Kier molecular flexibility index (Phi) is 1.71. The summed E-state index contributed by atoms with van der Waals surface area (Å²) in [5.41, 5.74) is 8.38. The van der Waals surface area contributed by atoms with Gasteiger partial charge in [0.05, 0.1) is 0 Å². The van der Waals surface area contributed by atoms with Crippen LogP contribution in [0.3, 0.4) is 0 Å². The Balaban J connectivity index is 2.62. The van der Waals surface area contributed by atoms with Crippen LogP contribution in [0.1, 0.15) is 31.9 Å². The second-order valence-corrected chi connectivity index (χ2v) is 5.10. The van der Waals surface area contributed by atoms with Crippen molar-refractivity contribution in [3.8, 4) is 5.75 Å². The lowest BCUT2D eigenvalue weighted by molar-refractivity contribution is 0.211. The first kappa shape index (κ1) is 9.53. The molecule has 0 amide bonds. The zero-order chi connectivity index (χ0) is 10.6. The van der Waals surface area contributed by atoms with Crippen LogP contribution in [0.15, 0.2) is 18.2 Å². The molecule has 1 unspecified atom stereocenters. The Morgan fingerprint density at radius 1 is 1.29 bits per heavy atom. The summed E-state index contributed by atoms with van der Waals surface area (Å²) in [6, 6.07) is 5.50. The number of aromatic hydroxyl groups is 1. The van der Waals surface area contributed by atoms with Crippen LogP contribution in [-0.2, 0) is 12.0 Å². The number of nitrogens with two attached hydrogens (primary N) is 1. The summed E-state index contributed by atoms with van der Waals surface area (Å²) in [7, 11) is 0. The van der Waals surface area contributed by atoms with Gasteiger partial charge in [-0.25, -0.2) is 0 Å². The molecule has 0 spiro atoms. The van der Waals surface area contributed by atoms with Crippen molar-refractivity contribution in [2.75, 3.05) is 0 Å². The molecule has 0 radical (unpaired) electrons. The molecule has 1 aliphatic rings. The van der Waals surface area contributed by atoms with E-state index in [1.807, 2.05) is 13.0 Å². The second kappa shape index (κ2) is 2.51. The third kappa shape index (κ3) is 1.07. The summed E-state index contributed by atoms with van der Waals surface area (Å²) in [4.78, 5) is 0. The van der Waals surface area contributed by atoms with Gasteiger partial charge < -0.3 is 10.8 Å². The number of phenolic OH excluding ortho intramolecular Hbond substituents is 1. The molecule has 0 bridgehead atoms. The van der Waals surface area contributed by atoms with Gasteiger partial charge in [-0.1, -0.05) is 19.9 Å². The maximum Gasteiger partial charge on any atom is 0.115 e. The molecule has 0 saturated heterocycles. The van der Waals surface area contributed by atoms with Crippen molar-refractivity contribution in [3.05, 3.63) is 29.3 Å². The van der Waals surface area contributed by atoms with E-state index in [4.69, 9.17) is 5.73 Å². The largest absolute Gasteiger partial charge is 0.508 e. The molecule has 1 aromatic carbocycles. The first-order valence-electron chi connectivity index (χ1n) is 4.96. The van der Waals surface area contributed by atoms with E-state index < -0.39 is 0 Å². The molecule has 2 rings (SSSR count). The molecule has 1 aliphatic carbocycles. The van der Waals surface area contributed by atoms with Crippen molar-refractivity contribution in [3.63, 3.8) is 0 Å². The summed E-state index contributed by atoms with van der Waals surface area (Å²) in [6.07, 6.45) is 0.982. The molecule has 1 atom stereocenters. The van der Waals surface area contributed by atoms with E-state index in [1.54, 1.807) is 12.1 Å². The van der Waals surface area contributed by atoms with Gasteiger partial charge in [0, 0.05) is 5.54 Å². The zero-order valence-corrected chi connectivity index (χ0v) is 8.96. The fourth-order valence-corrected chi connectivity index (χ4v) is 2.23. The number of rotatable bonds is 0. The van der Waals surface area contributed by atoms with E-state index in [0.717, 1.165) is 12.0 Å². The fraction of sp³-hybridized carbons (Fsp3) is 0.500. The summed E-state index contributed by atoms with van der Waals surface area (Å²) in [5.74, 6) is 0.304. The highest BCUT2D eigenvalue weighted by molar-refractivity contribution is 5.45. The van der Waals surface area contributed by atoms with Gasteiger partial charge >= 0.3 is 0 Å². The summed E-state index contributed by atoms with van der Waals surface area (Å²) < 4.78 is 0. The lowest BCUT2D eigenvalue weighted by Gasteiger charge is -2.35. The number of hydrogen-bond donors (Lipinski definition) is 2. The lowest BCUT2D eigenvalue weighted by Crippen LogP contribution is -2.43. The van der Waals surface area contributed by atoms with E-state index >= 15 is 0 Å². The Labute approximate surface area is 84.7 Å². The van der Waals surface area contributed by atoms with E-state index in [1.165, 1.54) is 5.56 Å². The van der Waals surface area contributed by atoms with Gasteiger partial charge in [0.15, 0.2) is 0 Å². The van der Waals surface area contributed by atoms with Crippen LogP contribution in [0.25, 0.3) is 0 Å². The molecular formula is C12H17NO. The Hall–Kier alpha value is -1.02. The highest BCUT2D eigenvalue weighted by Gasteiger charge is 2.46. The van der Waals surface area contributed by atoms with E-state index in [2.05, 4.69) is 13.8 Å². The summed E-state index contributed by atoms with van der Waals surface area (Å²) in [6.45, 7) is 6.38. The minimum absolute atomic E-state index is 0.0587. The molecule has 2 nitrogen and oxygen atoms in total. The lowest BCUT2D eigenvalue weighted by atomic mass is 9.75. The Morgan fingerprint density at radius 2 is 1.93 bits per heavy atom. The first-order valence-corrected chi connectivity index (χ1v) is 4.96. The normalized spacial score (nSPS) is 28.9. The van der Waals surface area contributed by atoms with Crippen molar-refractivity contribution in [1.29, 1.82) is 0 Å². The van der Waals surface area contributed by atoms with Gasteiger partial charge in [0.1, 0.15) is 5.75 Å². The van der Waals surface area contributed by atoms with Crippen molar-refractivity contribution in [1.82, 2.24) is 0 Å². The highest BCUT2D eigenvalue weighted by atomic mass is 16.3. The third-order valence-electron chi connectivity index (χ3n) is 3.69. The topological polar surface area (TPSA) is 46.2 Å². The van der Waals surface area contributed by atoms with E-state index in [9.17, 15) is 5.11 Å². The molecule has 3 N–H and O–H groups in total. The molecule has 76 valence electrons. The van der Waals surface area contributed by atoms with Gasteiger partial charge in [0.25, 0.3) is 0 Å². The van der Waals surface area contributed by atoms with Crippen molar-refractivity contribution in [2.24, 2.45) is 11.1 Å². The van der Waals surface area contributed by atoms with Crippen LogP contribution >= 0.6 is 0 Å². The fourth-order valence-electron chi connectivity index (χ4n) is 2.23. The Bertz CT molecular complexity index is 380. The standard InChI is InChI=1S/C12H17NO/c1-11(2)7-8-4-5-9(14)6-10(8)12(11,3)13/h4-6,14H,7,13H2,1-3H3. The van der Waals surface area contributed by atoms with Gasteiger partial charge in [-0.2, -0.15) is 0 Å². The van der Waals surface area contributed by atoms with E-state index in [-0.39, 0.29) is 11.0 Å². The molecule has 0 aromatic heterocycles. The van der Waals surface area contributed by atoms with Gasteiger partial charge in [-0.15, -0.1) is 0 Å². The maximum absolute atomic E-state index is 9.44.